The highest BCUT2D eigenvalue weighted by molar-refractivity contribution is 6.01. The molecule has 1 heterocycles. The summed E-state index contributed by atoms with van der Waals surface area (Å²) < 4.78 is 2.04. The van der Waals surface area contributed by atoms with Crippen LogP contribution in [-0.2, 0) is 14.1 Å². The average Bonchev–Trinajstić information content (AvgIpc) is 2.45. The molecule has 0 saturated heterocycles. The molecule has 0 aliphatic carbocycles. The van der Waals surface area contributed by atoms with Gasteiger partial charge in [-0.1, -0.05) is 6.92 Å². The van der Waals surface area contributed by atoms with Crippen molar-refractivity contribution in [1.29, 1.82) is 0 Å². The molecule has 0 bridgehead atoms. The SMILES string of the molecule is CCC(=NCCCN(C)C)c1c(O)n(C)c(=O)n(C)c1=O. The van der Waals surface area contributed by atoms with Crippen molar-refractivity contribution in [1.82, 2.24) is 14.0 Å². The number of aromatic hydroxyl groups is 1. The lowest BCUT2D eigenvalue weighted by atomic mass is 10.1. The van der Waals surface area contributed by atoms with Crippen LogP contribution in [0.15, 0.2) is 14.6 Å². The minimum atomic E-state index is -0.552. The van der Waals surface area contributed by atoms with Crippen LogP contribution in [0.1, 0.15) is 25.3 Å². The van der Waals surface area contributed by atoms with Crippen LogP contribution < -0.4 is 11.2 Å². The van der Waals surface area contributed by atoms with Gasteiger partial charge in [0.25, 0.3) is 5.56 Å². The van der Waals surface area contributed by atoms with Crippen molar-refractivity contribution in [2.75, 3.05) is 27.2 Å². The van der Waals surface area contributed by atoms with E-state index in [9.17, 15) is 14.7 Å². The normalized spacial score (nSPS) is 12.2. The Morgan fingerprint density at radius 3 is 2.38 bits per heavy atom. The van der Waals surface area contributed by atoms with E-state index in [1.807, 2.05) is 21.0 Å². The Morgan fingerprint density at radius 2 is 1.86 bits per heavy atom. The summed E-state index contributed by atoms with van der Waals surface area (Å²) in [5.41, 5.74) is -0.414. The predicted molar refractivity (Wildman–Crippen MR) is 83.5 cm³/mol. The molecule has 0 radical (unpaired) electrons. The van der Waals surface area contributed by atoms with E-state index in [0.29, 0.717) is 18.7 Å². The lowest BCUT2D eigenvalue weighted by Crippen LogP contribution is -2.40. The molecule has 0 atom stereocenters. The molecule has 0 aromatic carbocycles. The maximum absolute atomic E-state index is 12.2. The molecule has 1 rings (SSSR count). The first-order valence-electron chi connectivity index (χ1n) is 6.98. The van der Waals surface area contributed by atoms with Gasteiger partial charge in [-0.05, 0) is 33.5 Å². The van der Waals surface area contributed by atoms with Gasteiger partial charge in [-0.3, -0.25) is 18.9 Å². The zero-order valence-electron chi connectivity index (χ0n) is 13.4. The van der Waals surface area contributed by atoms with E-state index in [2.05, 4.69) is 9.89 Å². The smallest absolute Gasteiger partial charge is 0.333 e. The maximum atomic E-state index is 12.2. The van der Waals surface area contributed by atoms with E-state index in [1.54, 1.807) is 0 Å². The van der Waals surface area contributed by atoms with Crippen molar-refractivity contribution in [3.8, 4) is 5.88 Å². The van der Waals surface area contributed by atoms with E-state index < -0.39 is 11.2 Å². The fourth-order valence-corrected chi connectivity index (χ4v) is 2.05. The van der Waals surface area contributed by atoms with Gasteiger partial charge in [0.05, 0.1) is 5.71 Å². The Hall–Kier alpha value is -1.89. The van der Waals surface area contributed by atoms with Crippen LogP contribution in [0.3, 0.4) is 0 Å². The molecule has 0 amide bonds. The zero-order chi connectivity index (χ0) is 16.2. The van der Waals surface area contributed by atoms with Crippen LogP contribution in [0.4, 0.5) is 0 Å². The molecule has 0 saturated carbocycles. The second-order valence-electron chi connectivity index (χ2n) is 5.24. The van der Waals surface area contributed by atoms with Crippen molar-refractivity contribution in [3.63, 3.8) is 0 Å². The number of hydrogen-bond acceptors (Lipinski definition) is 5. The summed E-state index contributed by atoms with van der Waals surface area (Å²) in [5.74, 6) is -0.323. The molecular weight excluding hydrogens is 272 g/mol. The highest BCUT2D eigenvalue weighted by atomic mass is 16.3. The highest BCUT2D eigenvalue weighted by Crippen LogP contribution is 2.12. The van der Waals surface area contributed by atoms with Gasteiger partial charge in [-0.15, -0.1) is 0 Å². The number of nitrogens with zero attached hydrogens (tertiary/aromatic N) is 4. The summed E-state index contributed by atoms with van der Waals surface area (Å²) in [4.78, 5) is 30.4. The summed E-state index contributed by atoms with van der Waals surface area (Å²) in [7, 11) is 6.80. The standard InChI is InChI=1S/C14H24N4O3/c1-6-10(15-8-7-9-16(2)3)11-12(19)17(4)14(21)18(5)13(11)20/h19H,6-9H2,1-5H3. The van der Waals surface area contributed by atoms with Gasteiger partial charge in [0.15, 0.2) is 0 Å². The van der Waals surface area contributed by atoms with Crippen LogP contribution in [0, 0.1) is 0 Å². The third-order valence-electron chi connectivity index (χ3n) is 3.32. The first kappa shape index (κ1) is 17.2. The van der Waals surface area contributed by atoms with Crippen molar-refractivity contribution in [3.05, 3.63) is 26.4 Å². The quantitative estimate of drug-likeness (QED) is 0.589. The van der Waals surface area contributed by atoms with Crippen LogP contribution in [0.25, 0.3) is 0 Å². The Bertz CT molecular complexity index is 641. The van der Waals surface area contributed by atoms with E-state index >= 15 is 0 Å². The van der Waals surface area contributed by atoms with Gasteiger partial charge in [0.2, 0.25) is 5.88 Å². The monoisotopic (exact) mass is 296 g/mol. The molecule has 1 N–H and O–H groups in total. The molecule has 7 nitrogen and oxygen atoms in total. The summed E-state index contributed by atoms with van der Waals surface area (Å²) in [5, 5.41) is 10.1. The average molecular weight is 296 g/mol. The maximum Gasteiger partial charge on any atom is 0.333 e. The van der Waals surface area contributed by atoms with Crippen molar-refractivity contribution in [2.24, 2.45) is 19.1 Å². The number of aliphatic imine (C=N–C) groups is 1. The van der Waals surface area contributed by atoms with Crippen molar-refractivity contribution >= 4 is 5.71 Å². The predicted octanol–water partition coefficient (Wildman–Crippen LogP) is -0.0596. The highest BCUT2D eigenvalue weighted by Gasteiger charge is 2.18. The molecule has 0 aliphatic rings. The Balaban J connectivity index is 3.21. The topological polar surface area (TPSA) is 79.8 Å². The molecule has 0 spiro atoms. The zero-order valence-corrected chi connectivity index (χ0v) is 13.4. The second kappa shape index (κ2) is 7.21. The van der Waals surface area contributed by atoms with Crippen molar-refractivity contribution in [2.45, 2.75) is 19.8 Å². The number of hydrogen-bond donors (Lipinski definition) is 1. The van der Waals surface area contributed by atoms with E-state index in [-0.39, 0.29) is 11.4 Å². The Kier molecular flexibility index (Phi) is 5.90. The minimum Gasteiger partial charge on any atom is -0.494 e. The first-order valence-corrected chi connectivity index (χ1v) is 6.98. The van der Waals surface area contributed by atoms with Gasteiger partial charge in [0, 0.05) is 20.6 Å². The molecule has 0 aliphatic heterocycles. The minimum absolute atomic E-state index is 0.118. The van der Waals surface area contributed by atoms with Gasteiger partial charge in [-0.25, -0.2) is 4.79 Å². The van der Waals surface area contributed by atoms with Gasteiger partial charge >= 0.3 is 5.69 Å². The van der Waals surface area contributed by atoms with Crippen LogP contribution in [0.5, 0.6) is 5.88 Å². The summed E-state index contributed by atoms with van der Waals surface area (Å²) in [6, 6.07) is 0. The van der Waals surface area contributed by atoms with Crippen LogP contribution in [0.2, 0.25) is 0 Å². The molecule has 21 heavy (non-hydrogen) atoms. The Morgan fingerprint density at radius 1 is 1.24 bits per heavy atom. The molecular formula is C14H24N4O3. The summed E-state index contributed by atoms with van der Waals surface area (Å²) in [6.07, 6.45) is 1.38. The van der Waals surface area contributed by atoms with Gasteiger partial charge in [0.1, 0.15) is 5.56 Å². The van der Waals surface area contributed by atoms with Crippen LogP contribution in [-0.4, -0.2) is 52.0 Å². The Labute approximate surface area is 124 Å². The van der Waals surface area contributed by atoms with Gasteiger partial charge in [-0.2, -0.15) is 0 Å². The molecule has 1 aromatic heterocycles. The third kappa shape index (κ3) is 3.81. The molecule has 7 heteroatoms. The number of aromatic nitrogens is 2. The summed E-state index contributed by atoms with van der Waals surface area (Å²) in [6.45, 7) is 3.35. The molecule has 1 aromatic rings. The molecule has 0 unspecified atom stereocenters. The molecule has 0 fully saturated rings. The fourth-order valence-electron chi connectivity index (χ4n) is 2.05. The van der Waals surface area contributed by atoms with Crippen LogP contribution >= 0.6 is 0 Å². The van der Waals surface area contributed by atoms with E-state index in [1.165, 1.54) is 14.1 Å². The lowest BCUT2D eigenvalue weighted by Gasteiger charge is -2.12. The number of rotatable bonds is 6. The lowest BCUT2D eigenvalue weighted by molar-refractivity contribution is 0.403. The second-order valence-corrected chi connectivity index (χ2v) is 5.24. The third-order valence-corrected chi connectivity index (χ3v) is 3.32. The van der Waals surface area contributed by atoms with E-state index in [0.717, 1.165) is 22.1 Å². The molecule has 118 valence electrons. The van der Waals surface area contributed by atoms with Gasteiger partial charge < -0.3 is 10.0 Å². The fraction of sp³-hybridized carbons (Fsp3) is 0.643. The van der Waals surface area contributed by atoms with Crippen molar-refractivity contribution < 1.29 is 5.11 Å². The summed E-state index contributed by atoms with van der Waals surface area (Å²) >= 11 is 0. The largest absolute Gasteiger partial charge is 0.494 e. The first-order chi connectivity index (χ1) is 9.81. The van der Waals surface area contributed by atoms with E-state index in [4.69, 9.17) is 0 Å².